The molecular formula is C18H23N3OS. The molecule has 1 aliphatic rings. The van der Waals surface area contributed by atoms with Gasteiger partial charge in [-0.05, 0) is 37.0 Å². The first kappa shape index (κ1) is 16.1. The molecule has 1 N–H and O–H groups in total. The van der Waals surface area contributed by atoms with Crippen molar-refractivity contribution < 1.29 is 4.79 Å². The lowest BCUT2D eigenvalue weighted by Gasteiger charge is -2.14. The van der Waals surface area contributed by atoms with Crippen molar-refractivity contribution in [3.8, 4) is 5.69 Å². The third-order valence-electron chi connectivity index (χ3n) is 4.21. The maximum Gasteiger partial charge on any atom is 0.225 e. The van der Waals surface area contributed by atoms with Crippen molar-refractivity contribution in [3.63, 3.8) is 0 Å². The molecule has 3 rings (SSSR count). The van der Waals surface area contributed by atoms with Crippen LogP contribution in [0.15, 0.2) is 18.2 Å². The van der Waals surface area contributed by atoms with Crippen molar-refractivity contribution in [1.82, 2.24) is 9.78 Å². The SMILES string of the molecule is Cc1cccc(-n2nc3c(c2NC(=O)CC(C)C)CSC3)c1C. The Balaban J connectivity index is 2.04. The molecule has 2 heterocycles. The van der Waals surface area contributed by atoms with E-state index in [1.54, 1.807) is 0 Å². The Kier molecular flexibility index (Phi) is 4.48. The average Bonchev–Trinajstić information content (AvgIpc) is 3.04. The number of carbonyl (C=O) groups is 1. The number of amides is 1. The van der Waals surface area contributed by atoms with Crippen molar-refractivity contribution >= 4 is 23.5 Å². The Morgan fingerprint density at radius 3 is 2.87 bits per heavy atom. The van der Waals surface area contributed by atoms with Gasteiger partial charge >= 0.3 is 0 Å². The van der Waals surface area contributed by atoms with E-state index in [-0.39, 0.29) is 5.91 Å². The quantitative estimate of drug-likeness (QED) is 0.913. The van der Waals surface area contributed by atoms with Gasteiger partial charge in [-0.15, -0.1) is 0 Å². The number of aryl methyl sites for hydroxylation is 1. The normalized spacial score (nSPS) is 13.4. The van der Waals surface area contributed by atoms with Crippen LogP contribution in [0.1, 0.15) is 42.7 Å². The van der Waals surface area contributed by atoms with Crippen LogP contribution in [0.2, 0.25) is 0 Å². The zero-order valence-corrected chi connectivity index (χ0v) is 15.0. The molecule has 1 amide bonds. The second-order valence-electron chi connectivity index (χ2n) is 6.54. The molecule has 1 aromatic carbocycles. The van der Waals surface area contributed by atoms with E-state index in [9.17, 15) is 4.79 Å². The predicted molar refractivity (Wildman–Crippen MR) is 96.1 cm³/mol. The summed E-state index contributed by atoms with van der Waals surface area (Å²) in [6.07, 6.45) is 0.528. The van der Waals surface area contributed by atoms with Crippen LogP contribution in [0.25, 0.3) is 5.69 Å². The summed E-state index contributed by atoms with van der Waals surface area (Å²) >= 11 is 1.85. The Morgan fingerprint density at radius 1 is 1.35 bits per heavy atom. The molecule has 0 saturated heterocycles. The summed E-state index contributed by atoms with van der Waals surface area (Å²) in [5.74, 6) is 3.09. The van der Waals surface area contributed by atoms with Crippen LogP contribution < -0.4 is 5.32 Å². The van der Waals surface area contributed by atoms with Gasteiger partial charge in [0.05, 0.1) is 11.4 Å². The molecular weight excluding hydrogens is 306 g/mol. The summed E-state index contributed by atoms with van der Waals surface area (Å²) in [7, 11) is 0. The summed E-state index contributed by atoms with van der Waals surface area (Å²) in [5, 5.41) is 7.89. The minimum absolute atomic E-state index is 0.0613. The molecule has 122 valence electrons. The minimum Gasteiger partial charge on any atom is -0.310 e. The Bertz CT molecular complexity index is 749. The van der Waals surface area contributed by atoms with Crippen LogP contribution in [0.4, 0.5) is 5.82 Å². The summed E-state index contributed by atoms with van der Waals surface area (Å²) in [6.45, 7) is 8.32. The first-order valence-electron chi connectivity index (χ1n) is 8.02. The molecule has 2 aromatic rings. The second-order valence-corrected chi connectivity index (χ2v) is 7.53. The van der Waals surface area contributed by atoms with Crippen molar-refractivity contribution in [2.75, 3.05) is 5.32 Å². The van der Waals surface area contributed by atoms with Crippen molar-refractivity contribution in [3.05, 3.63) is 40.6 Å². The number of hydrogen-bond acceptors (Lipinski definition) is 3. The molecule has 1 aliphatic heterocycles. The Morgan fingerprint density at radius 2 is 2.13 bits per heavy atom. The molecule has 1 aromatic heterocycles. The molecule has 0 unspecified atom stereocenters. The molecule has 4 nitrogen and oxygen atoms in total. The number of carbonyl (C=O) groups excluding carboxylic acids is 1. The van der Waals surface area contributed by atoms with E-state index in [2.05, 4.69) is 45.1 Å². The number of fused-ring (bicyclic) bond motifs is 1. The van der Waals surface area contributed by atoms with Crippen LogP contribution in [0.5, 0.6) is 0 Å². The maximum atomic E-state index is 12.3. The van der Waals surface area contributed by atoms with Crippen LogP contribution in [-0.4, -0.2) is 15.7 Å². The number of hydrogen-bond donors (Lipinski definition) is 1. The van der Waals surface area contributed by atoms with Gasteiger partial charge in [0.15, 0.2) is 0 Å². The molecule has 0 aliphatic carbocycles. The molecule has 0 atom stereocenters. The fourth-order valence-electron chi connectivity index (χ4n) is 2.83. The molecule has 5 heteroatoms. The van der Waals surface area contributed by atoms with Gasteiger partial charge in [-0.3, -0.25) is 4.79 Å². The van der Waals surface area contributed by atoms with E-state index < -0.39 is 0 Å². The van der Waals surface area contributed by atoms with Crippen LogP contribution >= 0.6 is 11.8 Å². The number of nitrogens with zero attached hydrogens (tertiary/aromatic N) is 2. The zero-order chi connectivity index (χ0) is 16.6. The minimum atomic E-state index is 0.0613. The topological polar surface area (TPSA) is 46.9 Å². The molecule has 23 heavy (non-hydrogen) atoms. The second kappa shape index (κ2) is 6.40. The van der Waals surface area contributed by atoms with E-state index in [4.69, 9.17) is 5.10 Å². The van der Waals surface area contributed by atoms with Crippen LogP contribution in [0, 0.1) is 19.8 Å². The first-order chi connectivity index (χ1) is 11.0. The Labute approximate surface area is 141 Å². The summed E-state index contributed by atoms with van der Waals surface area (Å²) < 4.78 is 1.92. The van der Waals surface area contributed by atoms with Crippen molar-refractivity contribution in [1.29, 1.82) is 0 Å². The van der Waals surface area contributed by atoms with Gasteiger partial charge in [-0.25, -0.2) is 4.68 Å². The predicted octanol–water partition coefficient (Wildman–Crippen LogP) is 4.22. The third-order valence-corrected chi connectivity index (χ3v) is 5.18. The van der Waals surface area contributed by atoms with Gasteiger partial charge in [0.1, 0.15) is 5.82 Å². The largest absolute Gasteiger partial charge is 0.310 e. The van der Waals surface area contributed by atoms with Crippen LogP contribution in [0.3, 0.4) is 0 Å². The monoisotopic (exact) mass is 329 g/mol. The average molecular weight is 329 g/mol. The molecule has 0 spiro atoms. The third kappa shape index (κ3) is 3.15. The van der Waals surface area contributed by atoms with Gasteiger partial charge in [-0.2, -0.15) is 16.9 Å². The number of benzene rings is 1. The van der Waals surface area contributed by atoms with Gasteiger partial charge < -0.3 is 5.32 Å². The molecule has 0 bridgehead atoms. The van der Waals surface area contributed by atoms with Crippen molar-refractivity contribution in [2.45, 2.75) is 45.6 Å². The standard InChI is InChI=1S/C18H23N3OS/c1-11(2)8-17(22)19-18-14-9-23-10-15(14)20-21(18)16-7-5-6-12(3)13(16)4/h5-7,11H,8-10H2,1-4H3,(H,19,22). The first-order valence-corrected chi connectivity index (χ1v) is 9.17. The summed E-state index contributed by atoms with van der Waals surface area (Å²) in [6, 6.07) is 6.21. The highest BCUT2D eigenvalue weighted by Gasteiger charge is 2.25. The van der Waals surface area contributed by atoms with Crippen LogP contribution in [-0.2, 0) is 16.3 Å². The van der Waals surface area contributed by atoms with Gasteiger partial charge in [0.2, 0.25) is 5.91 Å². The van der Waals surface area contributed by atoms with Crippen molar-refractivity contribution in [2.24, 2.45) is 5.92 Å². The summed E-state index contributed by atoms with van der Waals surface area (Å²) in [4.78, 5) is 12.3. The fourth-order valence-corrected chi connectivity index (χ4v) is 3.87. The highest BCUT2D eigenvalue weighted by molar-refractivity contribution is 7.98. The Hall–Kier alpha value is -1.75. The van der Waals surface area contributed by atoms with Gasteiger partial charge in [-0.1, -0.05) is 26.0 Å². The highest BCUT2D eigenvalue weighted by atomic mass is 32.2. The fraction of sp³-hybridized carbons (Fsp3) is 0.444. The number of thioether (sulfide) groups is 1. The molecule has 0 saturated carbocycles. The van der Waals surface area contributed by atoms with E-state index >= 15 is 0 Å². The lowest BCUT2D eigenvalue weighted by molar-refractivity contribution is -0.116. The zero-order valence-electron chi connectivity index (χ0n) is 14.1. The number of nitrogens with one attached hydrogen (secondary N) is 1. The smallest absolute Gasteiger partial charge is 0.225 e. The molecule has 0 radical (unpaired) electrons. The van der Waals surface area contributed by atoms with E-state index in [0.717, 1.165) is 28.7 Å². The highest BCUT2D eigenvalue weighted by Crippen LogP contribution is 2.36. The lowest BCUT2D eigenvalue weighted by Crippen LogP contribution is -2.18. The number of aromatic nitrogens is 2. The summed E-state index contributed by atoms with van der Waals surface area (Å²) in [5.41, 5.74) is 5.74. The van der Waals surface area contributed by atoms with E-state index in [0.29, 0.717) is 12.3 Å². The number of anilines is 1. The van der Waals surface area contributed by atoms with Gasteiger partial charge in [0, 0.05) is 23.5 Å². The number of rotatable bonds is 4. The van der Waals surface area contributed by atoms with E-state index in [1.165, 1.54) is 16.7 Å². The molecule has 0 fully saturated rings. The van der Waals surface area contributed by atoms with E-state index in [1.807, 2.05) is 22.5 Å². The van der Waals surface area contributed by atoms with Gasteiger partial charge in [0.25, 0.3) is 0 Å². The maximum absolute atomic E-state index is 12.3. The lowest BCUT2D eigenvalue weighted by atomic mass is 10.1.